The summed E-state index contributed by atoms with van der Waals surface area (Å²) in [6, 6.07) is 1.07. The van der Waals surface area contributed by atoms with E-state index in [1.165, 1.54) is 30.8 Å². The number of anilines is 1. The van der Waals surface area contributed by atoms with Gasteiger partial charge >= 0.3 is 11.9 Å². The van der Waals surface area contributed by atoms with E-state index in [4.69, 9.17) is 14.0 Å². The summed E-state index contributed by atoms with van der Waals surface area (Å²) < 4.78 is 43.1. The Morgan fingerprint density at radius 1 is 1.02 bits per heavy atom. The van der Waals surface area contributed by atoms with Crippen molar-refractivity contribution in [3.8, 4) is 0 Å². The summed E-state index contributed by atoms with van der Waals surface area (Å²) in [6.45, 7) is 5.77. The maximum absolute atomic E-state index is 13.5. The molecule has 4 rings (SSSR count). The maximum atomic E-state index is 13.5. The lowest BCUT2D eigenvalue weighted by Crippen LogP contribution is -2.54. The van der Waals surface area contributed by atoms with Gasteiger partial charge in [0.2, 0.25) is 17.7 Å². The molecule has 1 saturated heterocycles. The number of carbonyl (C=O) groups is 7. The molecule has 2 aromatic rings. The Hall–Kier alpha value is -5.62. The van der Waals surface area contributed by atoms with Crippen molar-refractivity contribution < 1.29 is 71.3 Å². The molecule has 3 heterocycles. The van der Waals surface area contributed by atoms with Crippen molar-refractivity contribution in [1.82, 2.24) is 30.5 Å². The average molecular weight is 864 g/mol. The summed E-state index contributed by atoms with van der Waals surface area (Å²) >= 11 is 0. The monoisotopic (exact) mass is 863 g/mol. The van der Waals surface area contributed by atoms with E-state index in [0.717, 1.165) is 17.1 Å². The molecule has 0 saturated carbocycles. The second kappa shape index (κ2) is 20.6. The number of ether oxygens (including phenoxy) is 2. The van der Waals surface area contributed by atoms with Crippen LogP contribution in [0.3, 0.4) is 0 Å². The van der Waals surface area contributed by atoms with Gasteiger partial charge in [-0.05, 0) is 55.4 Å². The van der Waals surface area contributed by atoms with Crippen LogP contribution in [0.25, 0.3) is 0 Å². The highest BCUT2D eigenvalue weighted by atomic mass is 32.2. The Labute approximate surface area is 344 Å². The lowest BCUT2D eigenvalue weighted by molar-refractivity contribution is -0.190. The average Bonchev–Trinajstić information content (AvgIpc) is 3.77. The molecule has 1 aromatic heterocycles. The number of aliphatic carboxylic acids is 1. The second-order valence-electron chi connectivity index (χ2n) is 14.8. The number of benzene rings is 1. The van der Waals surface area contributed by atoms with Crippen LogP contribution in [0.15, 0.2) is 36.5 Å². The fourth-order valence-corrected chi connectivity index (χ4v) is 6.99. The molecule has 2 aliphatic heterocycles. The number of amides is 5. The predicted molar refractivity (Wildman–Crippen MR) is 206 cm³/mol. The van der Waals surface area contributed by atoms with Crippen molar-refractivity contribution in [1.29, 1.82) is 0 Å². The first-order chi connectivity index (χ1) is 28.1. The maximum Gasteiger partial charge on any atom is 0.332 e. The molecule has 0 aliphatic carbocycles. The van der Waals surface area contributed by atoms with Crippen LogP contribution in [0, 0.1) is 5.92 Å². The van der Waals surface area contributed by atoms with Gasteiger partial charge in [0.15, 0.2) is 6.10 Å². The van der Waals surface area contributed by atoms with Gasteiger partial charge in [0.25, 0.3) is 21.9 Å². The van der Waals surface area contributed by atoms with E-state index in [1.807, 2.05) is 0 Å². The lowest BCUT2D eigenvalue weighted by Gasteiger charge is -2.35. The topological polar surface area (TPSA) is 323 Å². The number of aryl methyl sites for hydroxylation is 2. The third-order valence-electron chi connectivity index (χ3n) is 9.69. The number of esters is 1. The van der Waals surface area contributed by atoms with Crippen LogP contribution in [-0.2, 0) is 72.7 Å². The number of carboxylic acids is 1. The van der Waals surface area contributed by atoms with Gasteiger partial charge in [-0.1, -0.05) is 25.1 Å². The zero-order chi connectivity index (χ0) is 44.5. The number of rotatable bonds is 20. The molecule has 7 N–H and O–H groups in total. The summed E-state index contributed by atoms with van der Waals surface area (Å²) in [5.41, 5.74) is 1.37. The largest absolute Gasteiger partial charge is 0.479 e. The van der Waals surface area contributed by atoms with E-state index in [0.29, 0.717) is 11.1 Å². The molecule has 328 valence electrons. The Bertz CT molecular complexity index is 2070. The summed E-state index contributed by atoms with van der Waals surface area (Å²) in [4.78, 5) is 89.4. The van der Waals surface area contributed by atoms with Crippen LogP contribution in [0.5, 0.6) is 0 Å². The molecule has 0 spiro atoms. The Balaban J connectivity index is 1.42. The van der Waals surface area contributed by atoms with Gasteiger partial charge in [0, 0.05) is 37.7 Å². The number of carbonyl (C=O) groups excluding carboxylic acids is 6. The normalized spacial score (nSPS) is 20.7. The molecule has 5 amide bonds. The molecule has 2 aliphatic rings. The number of hydrogen-bond acceptors (Lipinski definition) is 15. The molecule has 0 bridgehead atoms. The quantitative estimate of drug-likeness (QED) is 0.0485. The SMILES string of the molecule is CC(=O)OCc1ccc(NC(=O)[C@H](C)NC(=O)[C@@H](NC(=O)C[C@@H](c2cn(CCCS(=O)(=O)O)nn2)N2C(=O)C=CC2=O)C(C)C)cc1CC[C@@H]1O[C@H](C(=O)O)C[C@H](O)[C@H]1O. The van der Waals surface area contributed by atoms with Crippen molar-refractivity contribution in [2.75, 3.05) is 11.1 Å². The molecular formula is C37H49N7O15S. The summed E-state index contributed by atoms with van der Waals surface area (Å²) in [5.74, 6) is -6.53. The van der Waals surface area contributed by atoms with Crippen LogP contribution in [0.2, 0.25) is 0 Å². The number of hydrogen-bond donors (Lipinski definition) is 7. The minimum atomic E-state index is -4.24. The standard InChI is InChI=1S/C37H49N7O15S/c1-19(2)33(40-30(47)15-26(44-31(48)10-11-32(44)49)25-17-43(42-41-25)12-5-13-60(55,56)57)36(52)38-20(3)35(51)39-24-8-6-23(18-58-21(4)45)22(14-24)7-9-28-34(50)27(46)16-29(59-28)37(53)54/h6,8,10-11,14,17,19-20,26-29,33-34,46,50H,5,7,9,12-13,15-16,18H2,1-4H3,(H,38,52)(H,39,51)(H,40,47)(H,53,54)(H,55,56,57)/t20-,26-,27-,28-,29-,33-,34+/m0/s1. The van der Waals surface area contributed by atoms with E-state index in [-0.39, 0.29) is 50.2 Å². The molecule has 7 atom stereocenters. The van der Waals surface area contributed by atoms with Crippen LogP contribution in [-0.4, -0.2) is 132 Å². The zero-order valence-electron chi connectivity index (χ0n) is 33.2. The van der Waals surface area contributed by atoms with Gasteiger partial charge < -0.3 is 40.7 Å². The van der Waals surface area contributed by atoms with Crippen molar-refractivity contribution in [3.63, 3.8) is 0 Å². The highest BCUT2D eigenvalue weighted by Crippen LogP contribution is 2.28. The Kier molecular flexibility index (Phi) is 16.1. The summed E-state index contributed by atoms with van der Waals surface area (Å²) in [7, 11) is -4.24. The molecular weight excluding hydrogens is 815 g/mol. The van der Waals surface area contributed by atoms with Gasteiger partial charge in [-0.25, -0.2) is 4.79 Å². The number of carboxylic acid groups (broad SMARTS) is 1. The summed E-state index contributed by atoms with van der Waals surface area (Å²) in [5, 5.41) is 45.8. The van der Waals surface area contributed by atoms with Crippen LogP contribution in [0.1, 0.15) is 76.2 Å². The van der Waals surface area contributed by atoms with E-state index >= 15 is 0 Å². The van der Waals surface area contributed by atoms with Crippen molar-refractivity contribution >= 4 is 57.3 Å². The van der Waals surface area contributed by atoms with Gasteiger partial charge in [0.1, 0.15) is 30.5 Å². The van der Waals surface area contributed by atoms with E-state index in [1.54, 1.807) is 26.0 Å². The number of nitrogens with one attached hydrogen (secondary N) is 3. The van der Waals surface area contributed by atoms with Gasteiger partial charge in [-0.3, -0.25) is 42.9 Å². The minimum Gasteiger partial charge on any atom is -0.479 e. The molecule has 60 heavy (non-hydrogen) atoms. The smallest absolute Gasteiger partial charge is 0.332 e. The predicted octanol–water partition coefficient (Wildman–Crippen LogP) is -0.844. The Morgan fingerprint density at radius 2 is 1.70 bits per heavy atom. The van der Waals surface area contributed by atoms with Gasteiger partial charge in [-0.2, -0.15) is 8.42 Å². The number of aliphatic hydroxyl groups is 2. The van der Waals surface area contributed by atoms with Crippen LogP contribution in [0.4, 0.5) is 5.69 Å². The first-order valence-corrected chi connectivity index (χ1v) is 20.5. The van der Waals surface area contributed by atoms with Crippen molar-refractivity contribution in [3.05, 3.63) is 53.4 Å². The van der Waals surface area contributed by atoms with Crippen molar-refractivity contribution in [2.45, 2.75) is 115 Å². The van der Waals surface area contributed by atoms with Gasteiger partial charge in [0.05, 0.1) is 36.6 Å². The number of imide groups is 1. The molecule has 23 heteroatoms. The zero-order valence-corrected chi connectivity index (χ0v) is 34.0. The summed E-state index contributed by atoms with van der Waals surface area (Å²) in [6.07, 6.45) is -2.36. The number of aromatic nitrogens is 3. The molecule has 1 aromatic carbocycles. The van der Waals surface area contributed by atoms with E-state index in [2.05, 4.69) is 26.3 Å². The highest BCUT2D eigenvalue weighted by molar-refractivity contribution is 7.85. The Morgan fingerprint density at radius 3 is 2.32 bits per heavy atom. The van der Waals surface area contributed by atoms with Crippen LogP contribution < -0.4 is 16.0 Å². The molecule has 0 unspecified atom stereocenters. The molecule has 0 radical (unpaired) electrons. The first-order valence-electron chi connectivity index (χ1n) is 18.9. The van der Waals surface area contributed by atoms with Crippen molar-refractivity contribution in [2.24, 2.45) is 5.92 Å². The second-order valence-corrected chi connectivity index (χ2v) is 16.3. The fourth-order valence-electron chi connectivity index (χ4n) is 6.50. The van der Waals surface area contributed by atoms with E-state index in [9.17, 15) is 57.3 Å². The third-order valence-corrected chi connectivity index (χ3v) is 10.5. The highest BCUT2D eigenvalue weighted by Gasteiger charge is 2.40. The molecule has 1 fully saturated rings. The van der Waals surface area contributed by atoms with E-state index < -0.39 is 112 Å². The van der Waals surface area contributed by atoms with Crippen LogP contribution >= 0.6 is 0 Å². The fraction of sp³-hybridized carbons (Fsp3) is 0.541. The number of nitrogens with zero attached hydrogens (tertiary/aromatic N) is 4. The lowest BCUT2D eigenvalue weighted by atomic mass is 9.92. The first kappa shape index (κ1) is 47.1. The number of aliphatic hydroxyl groups excluding tert-OH is 2. The van der Waals surface area contributed by atoms with Gasteiger partial charge in [-0.15, -0.1) is 5.10 Å². The minimum absolute atomic E-state index is 0.00107. The third kappa shape index (κ3) is 13.2. The molecule has 22 nitrogen and oxygen atoms in total.